The van der Waals surface area contributed by atoms with Crippen LogP contribution in [0.5, 0.6) is 5.75 Å². The first-order chi connectivity index (χ1) is 11.1. The first-order valence-electron chi connectivity index (χ1n) is 7.82. The molecular weight excluding hydrogens is 339 g/mol. The van der Waals surface area contributed by atoms with Gasteiger partial charge in [-0.3, -0.25) is 9.69 Å². The molecule has 1 saturated heterocycles. The molecule has 0 atom stereocenters. The quantitative estimate of drug-likeness (QED) is 0.759. The van der Waals surface area contributed by atoms with Gasteiger partial charge in [0, 0.05) is 25.2 Å². The van der Waals surface area contributed by atoms with Crippen LogP contribution in [0.1, 0.15) is 23.7 Å². The van der Waals surface area contributed by atoms with E-state index in [1.54, 1.807) is 12.1 Å². The van der Waals surface area contributed by atoms with Gasteiger partial charge in [0.1, 0.15) is 0 Å². The molecule has 1 aliphatic heterocycles. The predicted molar refractivity (Wildman–Crippen MR) is 91.8 cm³/mol. The summed E-state index contributed by atoms with van der Waals surface area (Å²) >= 11 is 12.2. The van der Waals surface area contributed by atoms with Gasteiger partial charge in [0.25, 0.3) is 5.91 Å². The second-order valence-corrected chi connectivity index (χ2v) is 6.08. The lowest BCUT2D eigenvalue weighted by Gasteiger charge is -2.26. The zero-order chi connectivity index (χ0) is 16.7. The minimum Gasteiger partial charge on any atom is -0.491 e. The Morgan fingerprint density at radius 1 is 1.30 bits per heavy atom. The van der Waals surface area contributed by atoms with E-state index in [0.29, 0.717) is 34.5 Å². The summed E-state index contributed by atoms with van der Waals surface area (Å²) in [6.45, 7) is 7.36. The van der Waals surface area contributed by atoms with Crippen molar-refractivity contribution in [3.05, 3.63) is 27.7 Å². The average molecular weight is 361 g/mol. The molecule has 128 valence electrons. The van der Waals surface area contributed by atoms with Crippen LogP contribution in [0.3, 0.4) is 0 Å². The number of ether oxygens (including phenoxy) is 2. The van der Waals surface area contributed by atoms with E-state index in [1.807, 2.05) is 6.92 Å². The highest BCUT2D eigenvalue weighted by Gasteiger charge is 2.14. The van der Waals surface area contributed by atoms with Crippen LogP contribution < -0.4 is 10.1 Å². The van der Waals surface area contributed by atoms with Crippen LogP contribution >= 0.6 is 23.2 Å². The maximum Gasteiger partial charge on any atom is 0.251 e. The van der Waals surface area contributed by atoms with Crippen molar-refractivity contribution < 1.29 is 14.3 Å². The summed E-state index contributed by atoms with van der Waals surface area (Å²) in [7, 11) is 0. The fraction of sp³-hybridized carbons (Fsp3) is 0.562. The molecule has 0 radical (unpaired) electrons. The van der Waals surface area contributed by atoms with Crippen molar-refractivity contribution in [1.82, 2.24) is 10.2 Å². The highest BCUT2D eigenvalue weighted by atomic mass is 35.5. The van der Waals surface area contributed by atoms with Gasteiger partial charge in [-0.05, 0) is 32.0 Å². The predicted octanol–water partition coefficient (Wildman–Crippen LogP) is 2.84. The Bertz CT molecular complexity index is 511. The third-order valence-corrected chi connectivity index (χ3v) is 4.15. The van der Waals surface area contributed by atoms with Crippen LogP contribution in [0.2, 0.25) is 10.0 Å². The number of carbonyl (C=O) groups excluding carboxylic acids is 1. The Hall–Kier alpha value is -1.01. The Labute approximate surface area is 146 Å². The van der Waals surface area contributed by atoms with Crippen molar-refractivity contribution in [2.45, 2.75) is 13.3 Å². The van der Waals surface area contributed by atoms with Crippen LogP contribution in [0.15, 0.2) is 12.1 Å². The highest BCUT2D eigenvalue weighted by Crippen LogP contribution is 2.34. The van der Waals surface area contributed by atoms with Crippen LogP contribution in [0.4, 0.5) is 0 Å². The summed E-state index contributed by atoms with van der Waals surface area (Å²) in [5.41, 5.74) is 0.440. The number of hydrogen-bond donors (Lipinski definition) is 1. The molecule has 1 amide bonds. The van der Waals surface area contributed by atoms with Crippen LogP contribution in [-0.2, 0) is 4.74 Å². The van der Waals surface area contributed by atoms with E-state index in [2.05, 4.69) is 10.2 Å². The molecule has 1 heterocycles. The SMILES string of the molecule is CCOc1c(Cl)cc(C(=O)NCCCN2CCOCC2)cc1Cl. The molecule has 5 nitrogen and oxygen atoms in total. The topological polar surface area (TPSA) is 50.8 Å². The molecule has 2 rings (SSSR count). The van der Waals surface area contributed by atoms with Crippen molar-refractivity contribution >= 4 is 29.1 Å². The van der Waals surface area contributed by atoms with Gasteiger partial charge in [-0.15, -0.1) is 0 Å². The number of rotatable bonds is 7. The molecule has 0 aliphatic carbocycles. The first kappa shape index (κ1) is 18.3. The van der Waals surface area contributed by atoms with E-state index in [1.165, 1.54) is 0 Å². The summed E-state index contributed by atoms with van der Waals surface area (Å²) in [4.78, 5) is 14.5. The van der Waals surface area contributed by atoms with E-state index in [-0.39, 0.29) is 5.91 Å². The third kappa shape index (κ3) is 5.53. The van der Waals surface area contributed by atoms with Gasteiger partial charge in [0.05, 0.1) is 29.9 Å². The van der Waals surface area contributed by atoms with Crippen LogP contribution in [-0.4, -0.2) is 56.8 Å². The van der Waals surface area contributed by atoms with Crippen molar-refractivity contribution in [2.75, 3.05) is 46.0 Å². The molecule has 0 unspecified atom stereocenters. The zero-order valence-corrected chi connectivity index (χ0v) is 14.8. The standard InChI is InChI=1S/C16H22Cl2N2O3/c1-2-23-15-13(17)10-12(11-14(15)18)16(21)19-4-3-5-20-6-8-22-9-7-20/h10-11H,2-9H2,1H3,(H,19,21). The number of nitrogens with one attached hydrogen (secondary N) is 1. The minimum absolute atomic E-state index is 0.182. The number of hydrogen-bond acceptors (Lipinski definition) is 4. The third-order valence-electron chi connectivity index (χ3n) is 3.59. The summed E-state index contributed by atoms with van der Waals surface area (Å²) in [5, 5.41) is 3.58. The highest BCUT2D eigenvalue weighted by molar-refractivity contribution is 6.37. The molecule has 0 aromatic heterocycles. The monoisotopic (exact) mass is 360 g/mol. The minimum atomic E-state index is -0.182. The van der Waals surface area contributed by atoms with E-state index in [0.717, 1.165) is 39.3 Å². The number of nitrogens with zero attached hydrogens (tertiary/aromatic N) is 1. The second-order valence-electron chi connectivity index (χ2n) is 5.27. The lowest BCUT2D eigenvalue weighted by molar-refractivity contribution is 0.0374. The fourth-order valence-electron chi connectivity index (χ4n) is 2.40. The molecule has 1 fully saturated rings. The number of halogens is 2. The normalized spacial score (nSPS) is 15.4. The largest absolute Gasteiger partial charge is 0.491 e. The van der Waals surface area contributed by atoms with Gasteiger partial charge < -0.3 is 14.8 Å². The zero-order valence-electron chi connectivity index (χ0n) is 13.2. The number of amides is 1. The lowest BCUT2D eigenvalue weighted by Crippen LogP contribution is -2.38. The van der Waals surface area contributed by atoms with E-state index in [9.17, 15) is 4.79 Å². The van der Waals surface area contributed by atoms with Crippen molar-refractivity contribution in [3.63, 3.8) is 0 Å². The molecule has 1 aromatic rings. The summed E-state index contributed by atoms with van der Waals surface area (Å²) in [6, 6.07) is 3.16. The van der Waals surface area contributed by atoms with Crippen molar-refractivity contribution in [2.24, 2.45) is 0 Å². The van der Waals surface area contributed by atoms with Gasteiger partial charge >= 0.3 is 0 Å². The smallest absolute Gasteiger partial charge is 0.251 e. The number of morpholine rings is 1. The Morgan fingerprint density at radius 3 is 2.57 bits per heavy atom. The number of carbonyl (C=O) groups is 1. The van der Waals surface area contributed by atoms with Gasteiger partial charge in [0.2, 0.25) is 0 Å². The molecule has 7 heteroatoms. The van der Waals surface area contributed by atoms with E-state index in [4.69, 9.17) is 32.7 Å². The molecule has 1 aromatic carbocycles. The van der Waals surface area contributed by atoms with Crippen LogP contribution in [0.25, 0.3) is 0 Å². The van der Waals surface area contributed by atoms with Gasteiger partial charge in [-0.2, -0.15) is 0 Å². The molecular formula is C16H22Cl2N2O3. The van der Waals surface area contributed by atoms with Gasteiger partial charge in [-0.25, -0.2) is 0 Å². The maximum atomic E-state index is 12.2. The molecule has 0 spiro atoms. The Morgan fingerprint density at radius 2 is 1.96 bits per heavy atom. The lowest BCUT2D eigenvalue weighted by atomic mass is 10.2. The van der Waals surface area contributed by atoms with E-state index < -0.39 is 0 Å². The van der Waals surface area contributed by atoms with Crippen LogP contribution in [0, 0.1) is 0 Å². The maximum absolute atomic E-state index is 12.2. The Balaban J connectivity index is 1.81. The fourth-order valence-corrected chi connectivity index (χ4v) is 3.00. The Kier molecular flexibility index (Phi) is 7.43. The second kappa shape index (κ2) is 9.33. The van der Waals surface area contributed by atoms with Crippen molar-refractivity contribution in [1.29, 1.82) is 0 Å². The number of benzene rings is 1. The summed E-state index contributed by atoms with van der Waals surface area (Å²) < 4.78 is 10.7. The molecule has 1 N–H and O–H groups in total. The molecule has 23 heavy (non-hydrogen) atoms. The van der Waals surface area contributed by atoms with E-state index >= 15 is 0 Å². The average Bonchev–Trinajstić information content (AvgIpc) is 2.55. The van der Waals surface area contributed by atoms with Gasteiger partial charge in [-0.1, -0.05) is 23.2 Å². The molecule has 1 aliphatic rings. The van der Waals surface area contributed by atoms with Crippen molar-refractivity contribution in [3.8, 4) is 5.75 Å². The summed E-state index contributed by atoms with van der Waals surface area (Å²) in [5.74, 6) is 0.235. The van der Waals surface area contributed by atoms with Gasteiger partial charge in [0.15, 0.2) is 5.75 Å². The molecule has 0 saturated carbocycles. The molecule has 0 bridgehead atoms. The summed E-state index contributed by atoms with van der Waals surface area (Å²) in [6.07, 6.45) is 0.893. The first-order valence-corrected chi connectivity index (χ1v) is 8.57.